The van der Waals surface area contributed by atoms with Crippen LogP contribution in [0.25, 0.3) is 11.6 Å². The van der Waals surface area contributed by atoms with Gasteiger partial charge in [-0.15, -0.1) is 6.58 Å². The van der Waals surface area contributed by atoms with Gasteiger partial charge in [-0.3, -0.25) is 4.90 Å². The normalized spacial score (nSPS) is 12.3. The lowest BCUT2D eigenvalue weighted by molar-refractivity contribution is -0.129. The Bertz CT molecular complexity index is 817. The molecule has 1 atom stereocenters. The molecule has 0 saturated carbocycles. The smallest absolute Gasteiger partial charge is 0.284 e. The van der Waals surface area contributed by atoms with Crippen molar-refractivity contribution >= 4 is 17.3 Å². The molecule has 0 aliphatic rings. The zero-order chi connectivity index (χ0) is 21.4. The molecule has 0 spiro atoms. The Morgan fingerprint density at radius 1 is 1.03 bits per heavy atom. The molecular weight excluding hydrogens is 371 g/mol. The number of alkyl halides is 3. The van der Waals surface area contributed by atoms with Crippen LogP contribution >= 0.6 is 0 Å². The molecule has 29 heavy (non-hydrogen) atoms. The average molecular weight is 399 g/mol. The minimum Gasteiger partial charge on any atom is -0.284 e. The minimum absolute atomic E-state index is 0.116. The molecule has 154 valence electrons. The molecule has 1 unspecified atom stereocenters. The molecule has 2 rings (SSSR count). The van der Waals surface area contributed by atoms with Crippen molar-refractivity contribution in [2.75, 3.05) is 11.4 Å². The molecule has 2 aromatic carbocycles. The molecule has 1 nitrogen and oxygen atoms in total. The van der Waals surface area contributed by atoms with Crippen molar-refractivity contribution < 1.29 is 13.2 Å². The van der Waals surface area contributed by atoms with E-state index >= 15 is 0 Å². The van der Waals surface area contributed by atoms with Crippen molar-refractivity contribution in [2.24, 2.45) is 0 Å². The van der Waals surface area contributed by atoms with Gasteiger partial charge in [0, 0.05) is 12.2 Å². The largest absolute Gasteiger partial charge is 0.484 e. The summed E-state index contributed by atoms with van der Waals surface area (Å²) in [5, 5.41) is 0. The Balaban J connectivity index is 2.02. The highest BCUT2D eigenvalue weighted by atomic mass is 19.4. The number of nitrogens with zero attached hydrogens (tertiary/aromatic N) is 1. The molecule has 2 aromatic rings. The number of allylic oxidation sites excluding steroid dienone is 2. The first-order valence-corrected chi connectivity index (χ1v) is 9.72. The van der Waals surface area contributed by atoms with E-state index in [1.165, 1.54) is 0 Å². The third-order valence-corrected chi connectivity index (χ3v) is 5.01. The first-order chi connectivity index (χ1) is 13.8. The summed E-state index contributed by atoms with van der Waals surface area (Å²) in [7, 11) is 0. The summed E-state index contributed by atoms with van der Waals surface area (Å²) in [4.78, 5) is 0.503. The van der Waals surface area contributed by atoms with Gasteiger partial charge in [0.05, 0.1) is 0 Å². The standard InChI is InChI=1S/C25H28F3N/c1-5-8-19(3)23-14-16-24(17-15-23)29(25(26,27)28)18-7-9-20(4)22-12-10-21(6-2)11-13-22/h5-6,10-17,19H,1-2,4,7-9,18H2,3H3. The summed E-state index contributed by atoms with van der Waals surface area (Å²) in [6.07, 6.45) is 0.777. The minimum atomic E-state index is -4.43. The first kappa shape index (κ1) is 22.5. The number of anilines is 1. The van der Waals surface area contributed by atoms with Crippen LogP contribution in [0.3, 0.4) is 0 Å². The highest BCUT2D eigenvalue weighted by Gasteiger charge is 2.37. The maximum Gasteiger partial charge on any atom is 0.484 e. The summed E-state index contributed by atoms with van der Waals surface area (Å²) >= 11 is 0. The van der Waals surface area contributed by atoms with E-state index in [-0.39, 0.29) is 18.2 Å². The van der Waals surface area contributed by atoms with Crippen molar-refractivity contribution in [2.45, 2.75) is 38.4 Å². The maximum atomic E-state index is 13.6. The third kappa shape index (κ3) is 6.38. The van der Waals surface area contributed by atoms with Crippen LogP contribution in [0, 0.1) is 0 Å². The predicted molar refractivity (Wildman–Crippen MR) is 118 cm³/mol. The Hall–Kier alpha value is -2.75. The SMILES string of the molecule is C=CCC(C)c1ccc(N(CCCC(=C)c2ccc(C=C)cc2)C(F)(F)F)cc1. The molecule has 0 saturated heterocycles. The van der Waals surface area contributed by atoms with Gasteiger partial charge in [-0.1, -0.05) is 68.6 Å². The quantitative estimate of drug-likeness (QED) is 0.291. The molecule has 0 aromatic heterocycles. The summed E-state index contributed by atoms with van der Waals surface area (Å²) < 4.78 is 40.8. The molecule has 0 N–H and O–H groups in total. The zero-order valence-corrected chi connectivity index (χ0v) is 16.9. The van der Waals surface area contributed by atoms with E-state index in [1.54, 1.807) is 30.3 Å². The Morgan fingerprint density at radius 2 is 1.66 bits per heavy atom. The van der Waals surface area contributed by atoms with Crippen LogP contribution in [-0.4, -0.2) is 12.8 Å². The number of hydrogen-bond donors (Lipinski definition) is 0. The fourth-order valence-corrected chi connectivity index (χ4v) is 3.22. The Labute approximate surface area is 171 Å². The second-order valence-electron chi connectivity index (χ2n) is 7.17. The van der Waals surface area contributed by atoms with Gasteiger partial charge in [-0.25, -0.2) is 0 Å². The van der Waals surface area contributed by atoms with E-state index in [9.17, 15) is 13.2 Å². The van der Waals surface area contributed by atoms with Crippen molar-refractivity contribution in [3.8, 4) is 0 Å². The average Bonchev–Trinajstić information content (AvgIpc) is 2.70. The van der Waals surface area contributed by atoms with Gasteiger partial charge < -0.3 is 0 Å². The number of rotatable bonds is 10. The molecule has 0 heterocycles. The van der Waals surface area contributed by atoms with E-state index in [4.69, 9.17) is 0 Å². The van der Waals surface area contributed by atoms with E-state index in [2.05, 4.69) is 19.7 Å². The fourth-order valence-electron chi connectivity index (χ4n) is 3.22. The highest BCUT2D eigenvalue weighted by molar-refractivity contribution is 5.65. The summed E-state index contributed by atoms with van der Waals surface area (Å²) in [5.41, 5.74) is 3.93. The fraction of sp³-hybridized carbons (Fsp3) is 0.280. The topological polar surface area (TPSA) is 3.24 Å². The molecule has 0 amide bonds. The number of benzene rings is 2. The van der Waals surface area contributed by atoms with Gasteiger partial charge in [0.1, 0.15) is 0 Å². The summed E-state index contributed by atoms with van der Waals surface area (Å²) in [5.74, 6) is 0.233. The van der Waals surface area contributed by atoms with Gasteiger partial charge in [0.2, 0.25) is 0 Å². The lowest BCUT2D eigenvalue weighted by Crippen LogP contribution is -2.38. The number of halogens is 3. The van der Waals surface area contributed by atoms with E-state index in [1.807, 2.05) is 37.3 Å². The highest BCUT2D eigenvalue weighted by Crippen LogP contribution is 2.31. The Kier molecular flexibility index (Phi) is 7.89. The second kappa shape index (κ2) is 10.1. The van der Waals surface area contributed by atoms with Crippen molar-refractivity contribution in [3.63, 3.8) is 0 Å². The first-order valence-electron chi connectivity index (χ1n) is 9.72. The maximum absolute atomic E-state index is 13.6. The van der Waals surface area contributed by atoms with Crippen LogP contribution in [0.4, 0.5) is 18.9 Å². The van der Waals surface area contributed by atoms with E-state index in [0.29, 0.717) is 17.7 Å². The Morgan fingerprint density at radius 3 is 2.17 bits per heavy atom. The van der Waals surface area contributed by atoms with Gasteiger partial charge in [0.25, 0.3) is 0 Å². The van der Waals surface area contributed by atoms with Crippen molar-refractivity contribution in [1.82, 2.24) is 0 Å². The molecule has 0 bridgehead atoms. The van der Waals surface area contributed by atoms with Crippen LogP contribution in [0.1, 0.15) is 48.8 Å². The lowest BCUT2D eigenvalue weighted by Gasteiger charge is -2.27. The molecule has 4 heteroatoms. The second-order valence-corrected chi connectivity index (χ2v) is 7.17. The molecule has 0 aliphatic carbocycles. The van der Waals surface area contributed by atoms with Crippen molar-refractivity contribution in [3.05, 3.63) is 91.0 Å². The van der Waals surface area contributed by atoms with Crippen LogP contribution in [0.2, 0.25) is 0 Å². The number of hydrogen-bond acceptors (Lipinski definition) is 1. The van der Waals surface area contributed by atoms with Crippen molar-refractivity contribution in [1.29, 1.82) is 0 Å². The summed E-state index contributed by atoms with van der Waals surface area (Å²) in [6.45, 7) is 13.4. The zero-order valence-electron chi connectivity index (χ0n) is 16.9. The van der Waals surface area contributed by atoms with Crippen LogP contribution in [0.5, 0.6) is 0 Å². The van der Waals surface area contributed by atoms with E-state index < -0.39 is 6.30 Å². The van der Waals surface area contributed by atoms with Crippen LogP contribution in [0.15, 0.2) is 74.3 Å². The van der Waals surface area contributed by atoms with E-state index in [0.717, 1.165) is 28.7 Å². The van der Waals surface area contributed by atoms with Gasteiger partial charge >= 0.3 is 6.30 Å². The van der Waals surface area contributed by atoms with Gasteiger partial charge in [0.15, 0.2) is 0 Å². The molecule has 0 aliphatic heterocycles. The van der Waals surface area contributed by atoms with Gasteiger partial charge in [-0.2, -0.15) is 13.2 Å². The van der Waals surface area contributed by atoms with Crippen LogP contribution < -0.4 is 4.90 Å². The van der Waals surface area contributed by atoms with Crippen LogP contribution in [-0.2, 0) is 0 Å². The third-order valence-electron chi connectivity index (χ3n) is 5.01. The molecular formula is C25H28F3N. The summed E-state index contributed by atoms with van der Waals surface area (Å²) in [6, 6.07) is 14.3. The monoisotopic (exact) mass is 399 g/mol. The molecule has 0 radical (unpaired) electrons. The van der Waals surface area contributed by atoms with Gasteiger partial charge in [-0.05, 0) is 59.6 Å². The molecule has 0 fully saturated rings. The predicted octanol–water partition coefficient (Wildman–Crippen LogP) is 7.83. The lowest BCUT2D eigenvalue weighted by atomic mass is 9.97.